The van der Waals surface area contributed by atoms with Crippen LogP contribution in [0.4, 0.5) is 0 Å². The van der Waals surface area contributed by atoms with E-state index in [1.165, 1.54) is 64.0 Å². The highest BCUT2D eigenvalue weighted by molar-refractivity contribution is 7.25. The summed E-state index contributed by atoms with van der Waals surface area (Å²) in [7, 11) is 0. The van der Waals surface area contributed by atoms with Crippen molar-refractivity contribution in [3.8, 4) is 22.3 Å². The van der Waals surface area contributed by atoms with Crippen molar-refractivity contribution in [1.82, 2.24) is 0 Å². The Balaban J connectivity index is 1.28. The van der Waals surface area contributed by atoms with Crippen molar-refractivity contribution in [2.24, 2.45) is 0 Å². The van der Waals surface area contributed by atoms with Crippen molar-refractivity contribution >= 4 is 86.0 Å². The van der Waals surface area contributed by atoms with E-state index in [0.29, 0.717) is 0 Å². The predicted molar refractivity (Wildman–Crippen MR) is 182 cm³/mol. The fourth-order valence-electron chi connectivity index (χ4n) is 7.02. The van der Waals surface area contributed by atoms with Crippen LogP contribution in [0.1, 0.15) is 0 Å². The first-order chi connectivity index (χ1) is 21.3. The Bertz CT molecular complexity index is 2680. The standard InChI is InChI=1S/C40H22O2S/c1-3-10-29-27(8-1)39(24-13-15-34-31(20-24)32-19-23-17-18-41-35(23)22-36(32)42-34)28-9-2-4-11-30(28)40(29)25-14-16-38-33(21-25)26-7-5-6-12-37(26)43-38/h1-22H. The van der Waals surface area contributed by atoms with Gasteiger partial charge in [-0.15, -0.1) is 11.3 Å². The molecule has 10 aromatic rings. The smallest absolute Gasteiger partial charge is 0.139 e. The Morgan fingerprint density at radius 2 is 0.977 bits per heavy atom. The largest absolute Gasteiger partial charge is 0.464 e. The number of thiophene rings is 1. The number of fused-ring (bicyclic) bond motifs is 9. The maximum Gasteiger partial charge on any atom is 0.139 e. The second-order valence-electron chi connectivity index (χ2n) is 11.3. The summed E-state index contributed by atoms with van der Waals surface area (Å²) in [6, 6.07) is 46.2. The zero-order valence-corrected chi connectivity index (χ0v) is 23.7. The van der Waals surface area contributed by atoms with Gasteiger partial charge in [-0.1, -0.05) is 78.9 Å². The van der Waals surface area contributed by atoms with Crippen molar-refractivity contribution in [2.45, 2.75) is 0 Å². The molecule has 0 aliphatic carbocycles. The van der Waals surface area contributed by atoms with E-state index >= 15 is 0 Å². The molecule has 0 fully saturated rings. The average Bonchev–Trinajstić information content (AvgIpc) is 3.76. The first-order valence-electron chi connectivity index (χ1n) is 14.5. The van der Waals surface area contributed by atoms with Crippen molar-refractivity contribution in [3.05, 3.63) is 134 Å². The Kier molecular flexibility index (Phi) is 4.63. The van der Waals surface area contributed by atoms with Gasteiger partial charge < -0.3 is 8.83 Å². The van der Waals surface area contributed by atoms with E-state index in [0.717, 1.165) is 32.9 Å². The summed E-state index contributed by atoms with van der Waals surface area (Å²) in [4.78, 5) is 0. The van der Waals surface area contributed by atoms with Crippen LogP contribution in [0.2, 0.25) is 0 Å². The number of furan rings is 2. The zero-order chi connectivity index (χ0) is 28.1. The van der Waals surface area contributed by atoms with E-state index in [1.807, 2.05) is 23.5 Å². The molecule has 0 bridgehead atoms. The van der Waals surface area contributed by atoms with Crippen LogP contribution < -0.4 is 0 Å². The first-order valence-corrected chi connectivity index (χ1v) is 15.3. The van der Waals surface area contributed by atoms with Gasteiger partial charge in [-0.25, -0.2) is 0 Å². The Morgan fingerprint density at radius 1 is 0.395 bits per heavy atom. The predicted octanol–water partition coefficient (Wildman–Crippen LogP) is 12.3. The van der Waals surface area contributed by atoms with Gasteiger partial charge in [0.2, 0.25) is 0 Å². The molecule has 0 amide bonds. The molecular weight excluding hydrogens is 545 g/mol. The number of rotatable bonds is 2. The molecule has 10 rings (SSSR count). The molecule has 3 heterocycles. The zero-order valence-electron chi connectivity index (χ0n) is 22.9. The molecular formula is C40H22O2S. The third-order valence-electron chi connectivity index (χ3n) is 8.93. The van der Waals surface area contributed by atoms with Gasteiger partial charge in [-0.3, -0.25) is 0 Å². The van der Waals surface area contributed by atoms with Gasteiger partial charge >= 0.3 is 0 Å². The van der Waals surface area contributed by atoms with Crippen molar-refractivity contribution in [1.29, 1.82) is 0 Å². The summed E-state index contributed by atoms with van der Waals surface area (Å²) in [6.07, 6.45) is 1.73. The summed E-state index contributed by atoms with van der Waals surface area (Å²) >= 11 is 1.86. The summed E-state index contributed by atoms with van der Waals surface area (Å²) in [5.74, 6) is 0. The normalized spacial score (nSPS) is 12.2. The molecule has 200 valence electrons. The molecule has 7 aromatic carbocycles. The molecule has 3 aromatic heterocycles. The number of hydrogen-bond donors (Lipinski definition) is 0. The second-order valence-corrected chi connectivity index (χ2v) is 12.4. The van der Waals surface area contributed by atoms with E-state index < -0.39 is 0 Å². The highest BCUT2D eigenvalue weighted by Gasteiger charge is 2.19. The first kappa shape index (κ1) is 23.2. The second kappa shape index (κ2) is 8.57. The van der Waals surface area contributed by atoms with Crippen LogP contribution in [0, 0.1) is 0 Å². The molecule has 43 heavy (non-hydrogen) atoms. The minimum Gasteiger partial charge on any atom is -0.464 e. The molecule has 0 spiro atoms. The van der Waals surface area contributed by atoms with Gasteiger partial charge in [0.1, 0.15) is 16.7 Å². The molecule has 0 saturated carbocycles. The lowest BCUT2D eigenvalue weighted by Gasteiger charge is -2.18. The molecule has 0 atom stereocenters. The molecule has 0 radical (unpaired) electrons. The third-order valence-corrected chi connectivity index (χ3v) is 10.1. The van der Waals surface area contributed by atoms with E-state index in [2.05, 4.69) is 115 Å². The van der Waals surface area contributed by atoms with Gasteiger partial charge in [0.15, 0.2) is 0 Å². The van der Waals surface area contributed by atoms with E-state index in [9.17, 15) is 0 Å². The molecule has 0 aliphatic heterocycles. The van der Waals surface area contributed by atoms with E-state index in [4.69, 9.17) is 8.83 Å². The lowest BCUT2D eigenvalue weighted by Crippen LogP contribution is -1.90. The fourth-order valence-corrected chi connectivity index (χ4v) is 8.11. The molecule has 2 nitrogen and oxygen atoms in total. The van der Waals surface area contributed by atoms with Crippen molar-refractivity contribution in [2.75, 3.05) is 0 Å². The number of hydrogen-bond acceptors (Lipinski definition) is 3. The molecule has 3 heteroatoms. The van der Waals surface area contributed by atoms with Crippen LogP contribution in [0.25, 0.3) is 96.9 Å². The van der Waals surface area contributed by atoms with Crippen LogP contribution in [-0.2, 0) is 0 Å². The Morgan fingerprint density at radius 3 is 1.70 bits per heavy atom. The van der Waals surface area contributed by atoms with Crippen LogP contribution in [-0.4, -0.2) is 0 Å². The maximum absolute atomic E-state index is 6.27. The van der Waals surface area contributed by atoms with Gasteiger partial charge in [-0.05, 0) is 86.3 Å². The lowest BCUT2D eigenvalue weighted by atomic mass is 9.85. The monoisotopic (exact) mass is 566 g/mol. The highest BCUT2D eigenvalue weighted by Crippen LogP contribution is 2.46. The van der Waals surface area contributed by atoms with Crippen LogP contribution in [0.3, 0.4) is 0 Å². The number of benzene rings is 7. The van der Waals surface area contributed by atoms with Crippen LogP contribution in [0.5, 0.6) is 0 Å². The van der Waals surface area contributed by atoms with Crippen molar-refractivity contribution in [3.63, 3.8) is 0 Å². The van der Waals surface area contributed by atoms with Crippen LogP contribution in [0.15, 0.2) is 142 Å². The average molecular weight is 567 g/mol. The van der Waals surface area contributed by atoms with Gasteiger partial charge in [0, 0.05) is 42.4 Å². The molecule has 0 aliphatic rings. The van der Waals surface area contributed by atoms with Crippen LogP contribution >= 0.6 is 11.3 Å². The van der Waals surface area contributed by atoms with Gasteiger partial charge in [0.05, 0.1) is 6.26 Å². The fraction of sp³-hybridized carbons (Fsp3) is 0. The quantitative estimate of drug-likeness (QED) is 0.195. The summed E-state index contributed by atoms with van der Waals surface area (Å²) in [5.41, 5.74) is 7.52. The summed E-state index contributed by atoms with van der Waals surface area (Å²) < 4.78 is 14.6. The summed E-state index contributed by atoms with van der Waals surface area (Å²) in [5, 5.41) is 10.9. The lowest BCUT2D eigenvalue weighted by molar-refractivity contribution is 0.613. The topological polar surface area (TPSA) is 26.3 Å². The Labute approximate surface area is 250 Å². The minimum absolute atomic E-state index is 0.841. The molecule has 0 unspecified atom stereocenters. The summed E-state index contributed by atoms with van der Waals surface area (Å²) in [6.45, 7) is 0. The van der Waals surface area contributed by atoms with E-state index in [1.54, 1.807) is 6.26 Å². The molecule has 0 N–H and O–H groups in total. The van der Waals surface area contributed by atoms with Gasteiger partial charge in [0.25, 0.3) is 0 Å². The minimum atomic E-state index is 0.841. The van der Waals surface area contributed by atoms with E-state index in [-0.39, 0.29) is 0 Å². The highest BCUT2D eigenvalue weighted by atomic mass is 32.1. The third kappa shape index (κ3) is 3.28. The maximum atomic E-state index is 6.27. The SMILES string of the molecule is c1ccc2c(c1)sc1ccc(-c3c4ccccc4c(-c4ccc5oc6cc7occc7cc6c5c4)c4ccccc34)cc12. The Hall–Kier alpha value is -5.38. The van der Waals surface area contributed by atoms with Gasteiger partial charge in [-0.2, -0.15) is 0 Å². The van der Waals surface area contributed by atoms with Crippen molar-refractivity contribution < 1.29 is 8.83 Å². The molecule has 0 saturated heterocycles.